The molecule has 138 valence electrons. The highest BCUT2D eigenvalue weighted by Crippen LogP contribution is 2.24. The second-order valence-electron chi connectivity index (χ2n) is 6.57. The maximum atomic E-state index is 12.4. The van der Waals surface area contributed by atoms with Gasteiger partial charge in [-0.3, -0.25) is 9.59 Å². The summed E-state index contributed by atoms with van der Waals surface area (Å²) in [5.41, 5.74) is 0.779. The van der Waals surface area contributed by atoms with Crippen molar-refractivity contribution in [3.63, 3.8) is 0 Å². The number of nitrogens with zero attached hydrogens (tertiary/aromatic N) is 1. The van der Waals surface area contributed by atoms with Crippen LogP contribution in [0.25, 0.3) is 6.08 Å². The number of nitrogens with one attached hydrogen (secondary N) is 1. The monoisotopic (exact) mass is 356 g/mol. The van der Waals surface area contributed by atoms with Crippen molar-refractivity contribution < 1.29 is 19.4 Å². The van der Waals surface area contributed by atoms with Gasteiger partial charge in [-0.25, -0.2) is 0 Å². The Labute approximate surface area is 153 Å². The van der Waals surface area contributed by atoms with Gasteiger partial charge in [0.1, 0.15) is 17.4 Å². The van der Waals surface area contributed by atoms with Crippen LogP contribution in [0.2, 0.25) is 0 Å². The highest BCUT2D eigenvalue weighted by molar-refractivity contribution is 6.01. The number of hydrogen-bond acceptors (Lipinski definition) is 4. The third-order valence-corrected chi connectivity index (χ3v) is 4.57. The second kappa shape index (κ2) is 9.62. The molecule has 0 bridgehead atoms. The molecule has 0 unspecified atom stereocenters. The molecule has 1 fully saturated rings. The number of ether oxygens (including phenoxy) is 1. The minimum Gasteiger partial charge on any atom is -0.493 e. The summed E-state index contributed by atoms with van der Waals surface area (Å²) in [4.78, 5) is 22.9. The molecule has 0 spiro atoms. The second-order valence-corrected chi connectivity index (χ2v) is 6.57. The van der Waals surface area contributed by atoms with Crippen molar-refractivity contribution in [3.8, 4) is 11.8 Å². The Hall–Kier alpha value is -2.81. The van der Waals surface area contributed by atoms with Crippen molar-refractivity contribution in [3.05, 3.63) is 35.4 Å². The Bertz CT molecular complexity index is 704. The molecule has 2 rings (SSSR count). The van der Waals surface area contributed by atoms with E-state index in [0.717, 1.165) is 19.3 Å². The van der Waals surface area contributed by atoms with E-state index < -0.39 is 5.97 Å². The smallest absolute Gasteiger partial charge is 0.306 e. The van der Waals surface area contributed by atoms with Gasteiger partial charge in [-0.2, -0.15) is 5.26 Å². The van der Waals surface area contributed by atoms with Crippen molar-refractivity contribution in [2.75, 3.05) is 6.61 Å². The van der Waals surface area contributed by atoms with Crippen molar-refractivity contribution in [1.82, 2.24) is 5.32 Å². The number of aliphatic carboxylic acids is 1. The Morgan fingerprint density at radius 1 is 1.31 bits per heavy atom. The lowest BCUT2D eigenvalue weighted by molar-refractivity contribution is -0.137. The lowest BCUT2D eigenvalue weighted by Gasteiger charge is -2.29. The molecule has 2 N–H and O–H groups in total. The van der Waals surface area contributed by atoms with Crippen molar-refractivity contribution in [2.45, 2.75) is 45.1 Å². The zero-order valence-electron chi connectivity index (χ0n) is 14.9. The lowest BCUT2D eigenvalue weighted by atomic mass is 9.86. The summed E-state index contributed by atoms with van der Waals surface area (Å²) in [6.45, 7) is 2.22. The van der Waals surface area contributed by atoms with Gasteiger partial charge in [0.25, 0.3) is 5.91 Å². The van der Waals surface area contributed by atoms with Crippen molar-refractivity contribution in [1.29, 1.82) is 5.26 Å². The molecule has 6 nitrogen and oxygen atoms in total. The Kier molecular flexibility index (Phi) is 7.22. The SMILES string of the molecule is C[C@H]1CCCC[C@@H]1NC(=O)/C(C#N)=C/c1ccc(OCCC(=O)O)cc1. The predicted molar refractivity (Wildman–Crippen MR) is 97.3 cm³/mol. The highest BCUT2D eigenvalue weighted by Gasteiger charge is 2.23. The third kappa shape index (κ3) is 5.92. The van der Waals surface area contributed by atoms with Gasteiger partial charge in [0, 0.05) is 6.04 Å². The molecule has 1 amide bonds. The highest BCUT2D eigenvalue weighted by atomic mass is 16.5. The van der Waals surface area contributed by atoms with E-state index in [0.29, 0.717) is 17.2 Å². The van der Waals surface area contributed by atoms with Gasteiger partial charge < -0.3 is 15.2 Å². The number of carboxylic acids is 1. The fraction of sp³-hybridized carbons (Fsp3) is 0.450. The Balaban J connectivity index is 1.97. The van der Waals surface area contributed by atoms with Gasteiger partial charge in [-0.05, 0) is 42.5 Å². The first-order chi connectivity index (χ1) is 12.5. The number of rotatable bonds is 7. The number of amides is 1. The van der Waals surface area contributed by atoms with Gasteiger partial charge in [-0.15, -0.1) is 0 Å². The predicted octanol–water partition coefficient (Wildman–Crippen LogP) is 3.14. The van der Waals surface area contributed by atoms with Gasteiger partial charge in [0.2, 0.25) is 0 Å². The Morgan fingerprint density at radius 3 is 2.62 bits per heavy atom. The van der Waals surface area contributed by atoms with Crippen LogP contribution in [-0.4, -0.2) is 29.6 Å². The molecule has 1 aromatic carbocycles. The van der Waals surface area contributed by atoms with Crippen molar-refractivity contribution in [2.24, 2.45) is 5.92 Å². The van der Waals surface area contributed by atoms with E-state index >= 15 is 0 Å². The molecule has 0 heterocycles. The fourth-order valence-electron chi connectivity index (χ4n) is 3.01. The van der Waals surface area contributed by atoms with Crippen LogP contribution in [0.4, 0.5) is 0 Å². The summed E-state index contributed by atoms with van der Waals surface area (Å²) in [5.74, 6) is -0.285. The molecule has 1 aromatic rings. The molecule has 0 saturated heterocycles. The summed E-state index contributed by atoms with van der Waals surface area (Å²) in [6.07, 6.45) is 5.82. The summed E-state index contributed by atoms with van der Waals surface area (Å²) < 4.78 is 5.32. The molecule has 6 heteroatoms. The summed E-state index contributed by atoms with van der Waals surface area (Å²) in [6, 6.07) is 8.91. The van der Waals surface area contributed by atoms with E-state index in [2.05, 4.69) is 12.2 Å². The minimum absolute atomic E-state index is 0.0694. The van der Waals surface area contributed by atoms with Crippen LogP contribution >= 0.6 is 0 Å². The summed E-state index contributed by atoms with van der Waals surface area (Å²) in [5, 5.41) is 20.9. The number of carbonyl (C=O) groups excluding carboxylic acids is 1. The number of carboxylic acid groups (broad SMARTS) is 1. The van der Waals surface area contributed by atoms with Crippen LogP contribution in [-0.2, 0) is 9.59 Å². The molecule has 1 aliphatic rings. The number of benzene rings is 1. The third-order valence-electron chi connectivity index (χ3n) is 4.57. The van der Waals surface area contributed by atoms with E-state index in [1.165, 1.54) is 6.42 Å². The van der Waals surface area contributed by atoms with Crippen LogP contribution in [0, 0.1) is 17.2 Å². The van der Waals surface area contributed by atoms with Crippen LogP contribution in [0.1, 0.15) is 44.6 Å². The first-order valence-corrected chi connectivity index (χ1v) is 8.87. The van der Waals surface area contributed by atoms with Crippen LogP contribution in [0.5, 0.6) is 5.75 Å². The van der Waals surface area contributed by atoms with Crippen LogP contribution in [0.15, 0.2) is 29.8 Å². The molecule has 1 saturated carbocycles. The standard InChI is InChI=1S/C20H24N2O4/c1-14-4-2-3-5-18(14)22-20(25)16(13-21)12-15-6-8-17(9-7-15)26-11-10-19(23)24/h6-9,12,14,18H,2-5,10-11H2,1H3,(H,22,25)(H,23,24)/b16-12+/t14-,18-/m0/s1. The number of carbonyl (C=O) groups is 2. The first-order valence-electron chi connectivity index (χ1n) is 8.87. The topological polar surface area (TPSA) is 99.4 Å². The molecule has 0 aromatic heterocycles. The van der Waals surface area contributed by atoms with Gasteiger partial charge in [-0.1, -0.05) is 31.9 Å². The molecule has 26 heavy (non-hydrogen) atoms. The Morgan fingerprint density at radius 2 is 2.00 bits per heavy atom. The van der Waals surface area contributed by atoms with Crippen LogP contribution in [0.3, 0.4) is 0 Å². The molecule has 0 aliphatic heterocycles. The van der Waals surface area contributed by atoms with E-state index in [-0.39, 0.29) is 30.5 Å². The normalized spacial score (nSPS) is 20.1. The maximum absolute atomic E-state index is 12.4. The zero-order valence-corrected chi connectivity index (χ0v) is 14.9. The molecular weight excluding hydrogens is 332 g/mol. The van der Waals surface area contributed by atoms with Crippen molar-refractivity contribution >= 4 is 18.0 Å². The average molecular weight is 356 g/mol. The minimum atomic E-state index is -0.915. The fourth-order valence-corrected chi connectivity index (χ4v) is 3.01. The van der Waals surface area contributed by atoms with Gasteiger partial charge in [0.05, 0.1) is 13.0 Å². The molecule has 0 radical (unpaired) electrons. The van der Waals surface area contributed by atoms with E-state index in [9.17, 15) is 14.9 Å². The largest absolute Gasteiger partial charge is 0.493 e. The number of nitriles is 1. The van der Waals surface area contributed by atoms with E-state index in [1.54, 1.807) is 30.3 Å². The first kappa shape index (κ1) is 19.5. The maximum Gasteiger partial charge on any atom is 0.306 e. The van der Waals surface area contributed by atoms with Crippen LogP contribution < -0.4 is 10.1 Å². The summed E-state index contributed by atoms with van der Waals surface area (Å²) in [7, 11) is 0. The van der Waals surface area contributed by atoms with E-state index in [4.69, 9.17) is 9.84 Å². The zero-order chi connectivity index (χ0) is 18.9. The molecule has 1 aliphatic carbocycles. The average Bonchev–Trinajstić information content (AvgIpc) is 2.62. The molecule has 2 atom stereocenters. The van der Waals surface area contributed by atoms with Gasteiger partial charge in [0.15, 0.2) is 0 Å². The lowest BCUT2D eigenvalue weighted by Crippen LogP contribution is -2.41. The van der Waals surface area contributed by atoms with Gasteiger partial charge >= 0.3 is 5.97 Å². The quantitative estimate of drug-likeness (QED) is 0.577. The van der Waals surface area contributed by atoms with E-state index in [1.807, 2.05) is 6.07 Å². The summed E-state index contributed by atoms with van der Waals surface area (Å²) >= 11 is 0. The molecular formula is C20H24N2O4. The number of hydrogen-bond donors (Lipinski definition) is 2.